The van der Waals surface area contributed by atoms with Crippen LogP contribution >= 0.6 is 23.2 Å². The highest BCUT2D eigenvalue weighted by molar-refractivity contribution is 6.42. The third-order valence-electron chi connectivity index (χ3n) is 4.85. The molecule has 0 fully saturated rings. The number of esters is 1. The Morgan fingerprint density at radius 2 is 1.78 bits per heavy atom. The molecule has 1 unspecified atom stereocenters. The first kappa shape index (κ1) is 24.0. The Labute approximate surface area is 197 Å². The molecule has 0 aliphatic carbocycles. The van der Waals surface area contributed by atoms with Crippen molar-refractivity contribution < 1.29 is 19.1 Å². The molecule has 0 saturated carbocycles. The maximum atomic E-state index is 13.0. The Morgan fingerprint density at radius 3 is 2.44 bits per heavy atom. The van der Waals surface area contributed by atoms with E-state index in [1.165, 1.54) is 0 Å². The fraction of sp³-hybridized carbons (Fsp3) is 0.333. The first-order valence-corrected chi connectivity index (χ1v) is 11.1. The average molecular weight is 477 g/mol. The van der Waals surface area contributed by atoms with Gasteiger partial charge in [-0.3, -0.25) is 0 Å². The van der Waals surface area contributed by atoms with Crippen LogP contribution in [-0.4, -0.2) is 18.1 Å². The van der Waals surface area contributed by atoms with Crippen LogP contribution in [0.25, 0.3) is 0 Å². The van der Waals surface area contributed by atoms with Gasteiger partial charge in [-0.15, -0.1) is 0 Å². The number of carbonyl (C=O) groups excluding carboxylic acids is 2. The van der Waals surface area contributed by atoms with Crippen molar-refractivity contribution >= 4 is 35.2 Å². The van der Waals surface area contributed by atoms with Crippen molar-refractivity contribution in [3.8, 4) is 5.75 Å². The predicted molar refractivity (Wildman–Crippen MR) is 125 cm³/mol. The highest BCUT2D eigenvalue weighted by Gasteiger charge is 2.36. The number of nitrogens with one attached hydrogen (secondary N) is 2. The summed E-state index contributed by atoms with van der Waals surface area (Å²) in [6, 6.07) is 11.4. The van der Waals surface area contributed by atoms with Crippen LogP contribution < -0.4 is 15.4 Å². The summed E-state index contributed by atoms with van der Waals surface area (Å²) in [4.78, 5) is 25.5. The second-order valence-corrected chi connectivity index (χ2v) is 8.86. The lowest BCUT2D eigenvalue weighted by atomic mass is 9.91. The first-order chi connectivity index (χ1) is 15.2. The van der Waals surface area contributed by atoms with E-state index in [0.29, 0.717) is 32.6 Å². The molecule has 1 aliphatic heterocycles. The molecule has 0 radical (unpaired) electrons. The fourth-order valence-corrected chi connectivity index (χ4v) is 3.74. The molecule has 32 heavy (non-hydrogen) atoms. The van der Waals surface area contributed by atoms with E-state index in [0.717, 1.165) is 5.56 Å². The van der Waals surface area contributed by atoms with Crippen LogP contribution in [0, 0.1) is 5.92 Å². The smallest absolute Gasteiger partial charge is 0.338 e. The van der Waals surface area contributed by atoms with Gasteiger partial charge in [0.1, 0.15) is 12.4 Å². The van der Waals surface area contributed by atoms with Crippen molar-refractivity contribution in [2.45, 2.75) is 46.4 Å². The number of benzene rings is 2. The van der Waals surface area contributed by atoms with E-state index in [2.05, 4.69) is 10.6 Å². The number of amides is 2. The molecule has 1 atom stereocenters. The van der Waals surface area contributed by atoms with Gasteiger partial charge in [0.05, 0.1) is 27.8 Å². The van der Waals surface area contributed by atoms with E-state index in [1.807, 2.05) is 38.1 Å². The maximum absolute atomic E-state index is 13.0. The van der Waals surface area contributed by atoms with Crippen LogP contribution in [0.15, 0.2) is 53.7 Å². The van der Waals surface area contributed by atoms with Crippen molar-refractivity contribution in [2.24, 2.45) is 5.92 Å². The summed E-state index contributed by atoms with van der Waals surface area (Å²) >= 11 is 12.1. The normalized spacial score (nSPS) is 16.1. The minimum absolute atomic E-state index is 0.0949. The minimum atomic E-state index is -0.725. The first-order valence-electron chi connectivity index (χ1n) is 10.4. The van der Waals surface area contributed by atoms with Gasteiger partial charge in [0.2, 0.25) is 0 Å². The fourth-order valence-electron chi connectivity index (χ4n) is 3.42. The minimum Gasteiger partial charge on any atom is -0.489 e. The summed E-state index contributed by atoms with van der Waals surface area (Å²) in [5.41, 5.74) is 2.38. The van der Waals surface area contributed by atoms with Gasteiger partial charge in [0.25, 0.3) is 0 Å². The topological polar surface area (TPSA) is 76.7 Å². The Morgan fingerprint density at radius 1 is 1.06 bits per heavy atom. The van der Waals surface area contributed by atoms with E-state index in [4.69, 9.17) is 32.7 Å². The summed E-state index contributed by atoms with van der Waals surface area (Å²) < 4.78 is 11.6. The lowest BCUT2D eigenvalue weighted by Gasteiger charge is -2.32. The average Bonchev–Trinajstić information content (AvgIpc) is 2.73. The highest BCUT2D eigenvalue weighted by Crippen LogP contribution is 2.36. The van der Waals surface area contributed by atoms with Crippen LogP contribution in [0.2, 0.25) is 10.0 Å². The predicted octanol–water partition coefficient (Wildman–Crippen LogP) is 5.79. The van der Waals surface area contributed by atoms with Crippen molar-refractivity contribution in [2.75, 3.05) is 0 Å². The molecule has 0 bridgehead atoms. The van der Waals surface area contributed by atoms with Crippen LogP contribution in [-0.2, 0) is 16.1 Å². The third-order valence-corrected chi connectivity index (χ3v) is 5.59. The Kier molecular flexibility index (Phi) is 7.69. The number of hydrogen-bond donors (Lipinski definition) is 2. The number of carbonyl (C=O) groups is 2. The van der Waals surface area contributed by atoms with Crippen molar-refractivity contribution in [1.29, 1.82) is 0 Å². The molecular weight excluding hydrogens is 451 g/mol. The number of urea groups is 1. The van der Waals surface area contributed by atoms with Gasteiger partial charge >= 0.3 is 12.0 Å². The van der Waals surface area contributed by atoms with E-state index >= 15 is 0 Å². The Balaban J connectivity index is 1.98. The standard InChI is InChI=1S/C24H26Cl2N2O4/c1-13(2)21-20(23(29)32-14(3)4)22(28-24(30)27-21)16-7-5-6-8-19(16)31-12-15-9-10-17(25)18(26)11-15/h5-11,13-14,22H,12H2,1-4H3,(H2,27,28,30). The van der Waals surface area contributed by atoms with Gasteiger partial charge in [0.15, 0.2) is 0 Å². The summed E-state index contributed by atoms with van der Waals surface area (Å²) in [7, 11) is 0. The lowest BCUT2D eigenvalue weighted by molar-refractivity contribution is -0.143. The van der Waals surface area contributed by atoms with E-state index in [9.17, 15) is 9.59 Å². The molecule has 1 aliphatic rings. The highest BCUT2D eigenvalue weighted by atomic mass is 35.5. The second kappa shape index (κ2) is 10.3. The molecule has 2 N–H and O–H groups in total. The number of halogens is 2. The summed E-state index contributed by atoms with van der Waals surface area (Å²) in [5.74, 6) is -0.0493. The molecule has 0 aromatic heterocycles. The van der Waals surface area contributed by atoms with Gasteiger partial charge in [0, 0.05) is 11.3 Å². The second-order valence-electron chi connectivity index (χ2n) is 8.04. The van der Waals surface area contributed by atoms with E-state index < -0.39 is 12.0 Å². The zero-order chi connectivity index (χ0) is 23.4. The summed E-state index contributed by atoms with van der Waals surface area (Å²) in [6.07, 6.45) is -0.303. The molecular formula is C24H26Cl2N2O4. The molecule has 2 aromatic rings. The number of ether oxygens (including phenoxy) is 2. The van der Waals surface area contributed by atoms with Gasteiger partial charge in [-0.1, -0.05) is 61.3 Å². The zero-order valence-corrected chi connectivity index (χ0v) is 19.9. The summed E-state index contributed by atoms with van der Waals surface area (Å²) in [5, 5.41) is 6.52. The van der Waals surface area contributed by atoms with Gasteiger partial charge < -0.3 is 20.1 Å². The van der Waals surface area contributed by atoms with Crippen molar-refractivity contribution in [1.82, 2.24) is 10.6 Å². The van der Waals surface area contributed by atoms with E-state index in [1.54, 1.807) is 32.0 Å². The Hall–Kier alpha value is -2.70. The molecule has 2 amide bonds. The largest absolute Gasteiger partial charge is 0.489 e. The Bertz CT molecular complexity index is 1050. The van der Waals surface area contributed by atoms with Crippen molar-refractivity contribution in [3.63, 3.8) is 0 Å². The molecule has 0 spiro atoms. The van der Waals surface area contributed by atoms with Gasteiger partial charge in [-0.05, 0) is 43.5 Å². The maximum Gasteiger partial charge on any atom is 0.338 e. The third kappa shape index (κ3) is 5.56. The molecule has 0 saturated heterocycles. The van der Waals surface area contributed by atoms with Crippen LogP contribution in [0.5, 0.6) is 5.75 Å². The SMILES string of the molecule is CC(C)OC(=O)C1=C(C(C)C)NC(=O)NC1c1ccccc1OCc1ccc(Cl)c(Cl)c1. The zero-order valence-electron chi connectivity index (χ0n) is 18.4. The number of rotatable bonds is 7. The number of allylic oxidation sites excluding steroid dienone is 1. The molecule has 2 aromatic carbocycles. The summed E-state index contributed by atoms with van der Waals surface area (Å²) in [6.45, 7) is 7.62. The molecule has 3 rings (SSSR count). The van der Waals surface area contributed by atoms with Crippen LogP contribution in [0.4, 0.5) is 4.79 Å². The van der Waals surface area contributed by atoms with Crippen LogP contribution in [0.1, 0.15) is 44.9 Å². The lowest BCUT2D eigenvalue weighted by Crippen LogP contribution is -2.47. The molecule has 1 heterocycles. The number of para-hydroxylation sites is 1. The van der Waals surface area contributed by atoms with E-state index in [-0.39, 0.29) is 24.7 Å². The quantitative estimate of drug-likeness (QED) is 0.495. The van der Waals surface area contributed by atoms with Gasteiger partial charge in [-0.2, -0.15) is 0 Å². The van der Waals surface area contributed by atoms with Crippen molar-refractivity contribution in [3.05, 3.63) is 74.9 Å². The number of hydrogen-bond acceptors (Lipinski definition) is 4. The molecule has 8 heteroatoms. The van der Waals surface area contributed by atoms with Crippen LogP contribution in [0.3, 0.4) is 0 Å². The van der Waals surface area contributed by atoms with Gasteiger partial charge in [-0.25, -0.2) is 9.59 Å². The molecule has 170 valence electrons. The monoisotopic (exact) mass is 476 g/mol. The molecule has 6 nitrogen and oxygen atoms in total.